The fourth-order valence-corrected chi connectivity index (χ4v) is 4.66. The van der Waals surface area contributed by atoms with Gasteiger partial charge in [0.1, 0.15) is 5.30 Å². The van der Waals surface area contributed by atoms with Crippen molar-refractivity contribution in [2.75, 3.05) is 21.2 Å². The Labute approximate surface area is 105 Å². The minimum atomic E-state index is -4.09. The van der Waals surface area contributed by atoms with Gasteiger partial charge in [0.2, 0.25) is 0 Å². The zero-order valence-corrected chi connectivity index (χ0v) is 11.2. The molecule has 0 aromatic heterocycles. The molecule has 0 saturated carbocycles. The Hall–Kier alpha value is -1.10. The van der Waals surface area contributed by atoms with E-state index in [9.17, 15) is 18.7 Å². The number of carbonyl (C=O) groups is 1. The number of carboxylic acids is 1. The lowest BCUT2D eigenvalue weighted by Crippen LogP contribution is -2.49. The maximum absolute atomic E-state index is 14.0. The van der Waals surface area contributed by atoms with Crippen molar-refractivity contribution in [2.24, 2.45) is 0 Å². The number of benzene rings is 1. The van der Waals surface area contributed by atoms with Gasteiger partial charge in [-0.05, 0) is 12.1 Å². The molecule has 100 valence electrons. The molecule has 1 rings (SSSR count). The van der Waals surface area contributed by atoms with Crippen LogP contribution in [0.2, 0.25) is 0 Å². The predicted molar refractivity (Wildman–Crippen MR) is 63.6 cm³/mol. The summed E-state index contributed by atoms with van der Waals surface area (Å²) in [5.41, 5.74) is -4.09. The Balaban J connectivity index is 3.50. The highest BCUT2D eigenvalue weighted by Crippen LogP contribution is 2.70. The molecule has 0 N–H and O–H groups in total. The average molecular weight is 277 g/mol. The van der Waals surface area contributed by atoms with E-state index in [0.29, 0.717) is 0 Å². The maximum Gasteiger partial charge on any atom is 0.441 e. The largest absolute Gasteiger partial charge is 0.541 e. The van der Waals surface area contributed by atoms with E-state index in [0.717, 1.165) is 11.8 Å². The Bertz CT molecular complexity index is 428. The third kappa shape index (κ3) is 2.11. The first kappa shape index (κ1) is 15.0. The Morgan fingerprint density at radius 3 is 2.17 bits per heavy atom. The van der Waals surface area contributed by atoms with E-state index in [-0.39, 0.29) is 5.30 Å². The monoisotopic (exact) mass is 277 g/mol. The van der Waals surface area contributed by atoms with Gasteiger partial charge in [0.05, 0.1) is 7.11 Å². The number of hydrogen-bond acceptors (Lipinski definition) is 4. The van der Waals surface area contributed by atoms with Crippen LogP contribution in [0.25, 0.3) is 0 Å². The predicted octanol–water partition coefficient (Wildman–Crippen LogP) is 0.710. The standard InChI is InChI=1S/C11H14F2NO3P/c1-14(2)18(17-3,11(12,13)10(15)16)9-7-5-4-6-8-9/h4-8H,1-3H3. The summed E-state index contributed by atoms with van der Waals surface area (Å²) in [5.74, 6) is -2.43. The molecule has 0 spiro atoms. The fraction of sp³-hybridized carbons (Fsp3) is 0.364. The highest BCUT2D eigenvalue weighted by Gasteiger charge is 2.68. The van der Waals surface area contributed by atoms with Crippen molar-refractivity contribution in [3.05, 3.63) is 30.3 Å². The van der Waals surface area contributed by atoms with Crippen LogP contribution in [0.3, 0.4) is 0 Å². The fourth-order valence-electron chi connectivity index (χ4n) is 1.78. The molecule has 4 nitrogen and oxygen atoms in total. The van der Waals surface area contributed by atoms with Crippen molar-refractivity contribution in [3.63, 3.8) is 0 Å². The van der Waals surface area contributed by atoms with Crippen LogP contribution >= 0.6 is 7.64 Å². The van der Waals surface area contributed by atoms with Crippen molar-refractivity contribution in [1.82, 2.24) is 4.67 Å². The SMILES string of the molecule is CO[P+](c1ccccc1)(N(C)C)C(F)(F)C(=O)[O-]. The molecular weight excluding hydrogens is 263 g/mol. The second-order valence-electron chi connectivity index (χ2n) is 3.77. The molecule has 0 bridgehead atoms. The molecule has 0 amide bonds. The van der Waals surface area contributed by atoms with Gasteiger partial charge in [-0.25, -0.2) is 4.52 Å². The van der Waals surface area contributed by atoms with E-state index in [1.165, 1.54) is 26.2 Å². The van der Waals surface area contributed by atoms with Crippen molar-refractivity contribution in [1.29, 1.82) is 0 Å². The van der Waals surface area contributed by atoms with Gasteiger partial charge in [-0.3, -0.25) is 0 Å². The van der Waals surface area contributed by atoms with E-state index in [4.69, 9.17) is 4.52 Å². The Morgan fingerprint density at radius 1 is 1.33 bits per heavy atom. The number of nitrogens with zero attached hydrogens (tertiary/aromatic N) is 1. The van der Waals surface area contributed by atoms with Crippen molar-refractivity contribution >= 4 is 18.9 Å². The van der Waals surface area contributed by atoms with Crippen LogP contribution in [0.5, 0.6) is 0 Å². The van der Waals surface area contributed by atoms with Gasteiger partial charge in [0, 0.05) is 14.1 Å². The van der Waals surface area contributed by atoms with Crippen molar-refractivity contribution < 1.29 is 23.2 Å². The summed E-state index contributed by atoms with van der Waals surface area (Å²) in [7, 11) is -0.0170. The highest BCUT2D eigenvalue weighted by molar-refractivity contribution is 7.78. The third-order valence-corrected chi connectivity index (χ3v) is 6.16. The summed E-state index contributed by atoms with van der Waals surface area (Å²) >= 11 is 0. The summed E-state index contributed by atoms with van der Waals surface area (Å²) in [5, 5.41) is 10.9. The second kappa shape index (κ2) is 5.26. The smallest absolute Gasteiger partial charge is 0.441 e. The number of carbonyl (C=O) groups excluding carboxylic acids is 1. The quantitative estimate of drug-likeness (QED) is 0.744. The molecule has 7 heteroatoms. The molecule has 0 aliphatic carbocycles. The molecule has 0 heterocycles. The third-order valence-electron chi connectivity index (χ3n) is 2.56. The van der Waals surface area contributed by atoms with Crippen LogP contribution in [0, 0.1) is 0 Å². The van der Waals surface area contributed by atoms with E-state index in [1.807, 2.05) is 0 Å². The zero-order valence-electron chi connectivity index (χ0n) is 10.3. The van der Waals surface area contributed by atoms with Gasteiger partial charge in [-0.2, -0.15) is 8.78 Å². The average Bonchev–Trinajstić information content (AvgIpc) is 2.31. The molecule has 0 aliphatic heterocycles. The molecule has 1 aromatic carbocycles. The van der Waals surface area contributed by atoms with Gasteiger partial charge in [-0.1, -0.05) is 18.2 Å². The molecule has 1 unspecified atom stereocenters. The number of hydrogen-bond donors (Lipinski definition) is 0. The van der Waals surface area contributed by atoms with Gasteiger partial charge < -0.3 is 9.90 Å². The summed E-state index contributed by atoms with van der Waals surface area (Å²) in [6.45, 7) is 0. The lowest BCUT2D eigenvalue weighted by atomic mass is 10.4. The van der Waals surface area contributed by atoms with E-state index in [1.54, 1.807) is 18.2 Å². The van der Waals surface area contributed by atoms with Gasteiger partial charge in [0.25, 0.3) is 0 Å². The number of rotatable bonds is 5. The molecular formula is C11H14F2NO3P. The molecule has 1 atom stereocenters. The maximum atomic E-state index is 14.0. The van der Waals surface area contributed by atoms with Crippen LogP contribution in [-0.4, -0.2) is 37.5 Å². The van der Waals surface area contributed by atoms with E-state index >= 15 is 0 Å². The molecule has 0 saturated heterocycles. The van der Waals surface area contributed by atoms with Crippen LogP contribution in [0.1, 0.15) is 0 Å². The molecule has 18 heavy (non-hydrogen) atoms. The summed E-state index contributed by atoms with van der Waals surface area (Å²) in [6.07, 6.45) is 0. The number of carboxylic acid groups (broad SMARTS) is 1. The first-order valence-corrected chi connectivity index (χ1v) is 6.74. The molecule has 0 aliphatic rings. The van der Waals surface area contributed by atoms with Gasteiger partial charge in [-0.15, -0.1) is 4.67 Å². The summed E-state index contributed by atoms with van der Waals surface area (Å²) in [6, 6.07) is 7.61. The number of alkyl halides is 2. The minimum Gasteiger partial charge on any atom is -0.541 e. The number of halogens is 2. The normalized spacial score (nSPS) is 15.4. The van der Waals surface area contributed by atoms with E-state index in [2.05, 4.69) is 0 Å². The number of aliphatic carboxylic acids is 1. The minimum absolute atomic E-state index is 0.145. The highest BCUT2D eigenvalue weighted by atomic mass is 31.2. The van der Waals surface area contributed by atoms with Crippen LogP contribution in [0.4, 0.5) is 8.78 Å². The Kier molecular flexibility index (Phi) is 4.37. The topological polar surface area (TPSA) is 52.6 Å². The lowest BCUT2D eigenvalue weighted by Gasteiger charge is -2.34. The van der Waals surface area contributed by atoms with Crippen LogP contribution in [0.15, 0.2) is 30.3 Å². The van der Waals surface area contributed by atoms with Gasteiger partial charge >= 0.3 is 13.3 Å². The summed E-state index contributed by atoms with van der Waals surface area (Å²) in [4.78, 5) is 10.8. The van der Waals surface area contributed by atoms with Gasteiger partial charge in [0.15, 0.2) is 5.97 Å². The van der Waals surface area contributed by atoms with Crippen molar-refractivity contribution in [3.8, 4) is 0 Å². The zero-order chi connectivity index (χ0) is 14.0. The van der Waals surface area contributed by atoms with Crippen LogP contribution < -0.4 is 10.4 Å². The second-order valence-corrected chi connectivity index (χ2v) is 7.17. The first-order chi connectivity index (χ1) is 8.30. The molecule has 0 fully saturated rings. The molecule has 0 radical (unpaired) electrons. The van der Waals surface area contributed by atoms with Crippen LogP contribution in [-0.2, 0) is 9.32 Å². The Morgan fingerprint density at radius 2 is 1.83 bits per heavy atom. The summed E-state index contributed by atoms with van der Waals surface area (Å²) < 4.78 is 34.1. The lowest BCUT2D eigenvalue weighted by molar-refractivity contribution is -0.322. The van der Waals surface area contributed by atoms with Crippen molar-refractivity contribution in [2.45, 2.75) is 5.66 Å². The molecule has 1 aromatic rings. The van der Waals surface area contributed by atoms with E-state index < -0.39 is 19.3 Å². The first-order valence-electron chi connectivity index (χ1n) is 5.08.